The number of morpholine rings is 1. The largest absolute Gasteiger partial charge is 0.459 e. The first-order valence-electron chi connectivity index (χ1n) is 6.66. The fraction of sp³-hybridized carbons (Fsp3) is 0.500. The Morgan fingerprint density at radius 2 is 2.40 bits per heavy atom. The zero-order chi connectivity index (χ0) is 14.5. The van der Waals surface area contributed by atoms with Crippen LogP contribution in [0.2, 0.25) is 5.02 Å². The molecule has 1 aliphatic rings. The third-order valence-corrected chi connectivity index (χ3v) is 3.65. The molecular weight excluding hydrogens is 280 g/mol. The molecular formula is C14H19ClN2O3. The van der Waals surface area contributed by atoms with E-state index in [1.807, 2.05) is 0 Å². The molecule has 5 nitrogen and oxygen atoms in total. The lowest BCUT2D eigenvalue weighted by molar-refractivity contribution is -0.0578. The second-order valence-corrected chi connectivity index (χ2v) is 5.13. The highest BCUT2D eigenvalue weighted by Gasteiger charge is 2.21. The number of carbonyl (C=O) groups is 1. The first kappa shape index (κ1) is 15.1. The van der Waals surface area contributed by atoms with E-state index in [1.54, 1.807) is 12.1 Å². The summed E-state index contributed by atoms with van der Waals surface area (Å²) in [6.45, 7) is 5.70. The smallest absolute Gasteiger partial charge is 0.338 e. The molecule has 0 bridgehead atoms. The summed E-state index contributed by atoms with van der Waals surface area (Å²) in [5.74, 6) is -0.411. The predicted octanol–water partition coefficient (Wildman–Crippen LogP) is 1.80. The van der Waals surface area contributed by atoms with Crippen LogP contribution in [0.4, 0.5) is 5.69 Å². The average Bonchev–Trinajstić information content (AvgIpc) is 2.47. The molecule has 1 aromatic rings. The van der Waals surface area contributed by atoms with Gasteiger partial charge in [-0.1, -0.05) is 18.5 Å². The third-order valence-electron chi connectivity index (χ3n) is 3.30. The van der Waals surface area contributed by atoms with E-state index in [1.165, 1.54) is 6.07 Å². The van der Waals surface area contributed by atoms with Gasteiger partial charge >= 0.3 is 5.97 Å². The van der Waals surface area contributed by atoms with Crippen LogP contribution in [0, 0.1) is 0 Å². The number of halogens is 1. The number of hydrogen-bond donors (Lipinski definition) is 1. The number of ether oxygens (including phenoxy) is 2. The normalized spacial score (nSPS) is 19.8. The number of esters is 1. The highest BCUT2D eigenvalue weighted by atomic mass is 35.5. The fourth-order valence-corrected chi connectivity index (χ4v) is 2.21. The van der Waals surface area contributed by atoms with Crippen LogP contribution in [0.15, 0.2) is 18.2 Å². The summed E-state index contributed by atoms with van der Waals surface area (Å²) in [6, 6.07) is 4.70. The van der Waals surface area contributed by atoms with Crippen LogP contribution < -0.4 is 5.73 Å². The van der Waals surface area contributed by atoms with Gasteiger partial charge in [0.2, 0.25) is 0 Å². The number of hydrogen-bond acceptors (Lipinski definition) is 5. The molecule has 110 valence electrons. The number of carbonyl (C=O) groups excluding carboxylic acids is 1. The van der Waals surface area contributed by atoms with Gasteiger partial charge in [0, 0.05) is 13.1 Å². The Balaban J connectivity index is 1.87. The molecule has 0 saturated carbocycles. The molecule has 1 fully saturated rings. The SMILES string of the molecule is CCN1CCOC(COC(=O)c2ccc(Cl)c(N)c2)C1. The van der Waals surface area contributed by atoms with Gasteiger partial charge in [-0.2, -0.15) is 0 Å². The van der Waals surface area contributed by atoms with Gasteiger partial charge in [0.05, 0.1) is 22.9 Å². The Morgan fingerprint density at radius 1 is 1.60 bits per heavy atom. The van der Waals surface area contributed by atoms with Crippen molar-refractivity contribution in [3.8, 4) is 0 Å². The summed E-state index contributed by atoms with van der Waals surface area (Å²) < 4.78 is 10.8. The summed E-state index contributed by atoms with van der Waals surface area (Å²) >= 11 is 5.81. The van der Waals surface area contributed by atoms with Crippen molar-refractivity contribution >= 4 is 23.3 Å². The molecule has 6 heteroatoms. The van der Waals surface area contributed by atoms with Crippen molar-refractivity contribution in [1.82, 2.24) is 4.90 Å². The molecule has 20 heavy (non-hydrogen) atoms. The molecule has 0 aliphatic carbocycles. The van der Waals surface area contributed by atoms with Gasteiger partial charge in [-0.15, -0.1) is 0 Å². The molecule has 0 spiro atoms. The van der Waals surface area contributed by atoms with Crippen LogP contribution in [0.5, 0.6) is 0 Å². The number of nitrogens with zero attached hydrogens (tertiary/aromatic N) is 1. The number of benzene rings is 1. The number of rotatable bonds is 4. The Labute approximate surface area is 123 Å². The quantitative estimate of drug-likeness (QED) is 0.678. The van der Waals surface area contributed by atoms with Crippen LogP contribution in [0.3, 0.4) is 0 Å². The lowest BCUT2D eigenvalue weighted by Crippen LogP contribution is -2.44. The summed E-state index contributed by atoms with van der Waals surface area (Å²) in [5, 5.41) is 0.427. The molecule has 1 atom stereocenters. The van der Waals surface area contributed by atoms with E-state index in [-0.39, 0.29) is 12.7 Å². The minimum atomic E-state index is -0.411. The Morgan fingerprint density at radius 3 is 3.10 bits per heavy atom. The Hall–Kier alpha value is -1.30. The van der Waals surface area contributed by atoms with E-state index < -0.39 is 5.97 Å². The second-order valence-electron chi connectivity index (χ2n) is 4.72. The van der Waals surface area contributed by atoms with Crippen molar-refractivity contribution in [3.63, 3.8) is 0 Å². The van der Waals surface area contributed by atoms with Gasteiger partial charge in [0.25, 0.3) is 0 Å². The van der Waals surface area contributed by atoms with Crippen molar-refractivity contribution in [2.75, 3.05) is 38.6 Å². The highest BCUT2D eigenvalue weighted by molar-refractivity contribution is 6.33. The van der Waals surface area contributed by atoms with Gasteiger partial charge in [-0.3, -0.25) is 4.90 Å². The van der Waals surface area contributed by atoms with Crippen LogP contribution >= 0.6 is 11.6 Å². The minimum absolute atomic E-state index is 0.0719. The molecule has 1 heterocycles. The van der Waals surface area contributed by atoms with Gasteiger partial charge in [-0.05, 0) is 24.7 Å². The van der Waals surface area contributed by atoms with E-state index >= 15 is 0 Å². The van der Waals surface area contributed by atoms with Crippen LogP contribution in [-0.4, -0.2) is 49.8 Å². The number of nitrogen functional groups attached to an aromatic ring is 1. The Kier molecular flexibility index (Phi) is 5.23. The molecule has 2 N–H and O–H groups in total. The van der Waals surface area contributed by atoms with E-state index in [0.29, 0.717) is 22.9 Å². The lowest BCUT2D eigenvalue weighted by Gasteiger charge is -2.31. The van der Waals surface area contributed by atoms with Gasteiger partial charge in [0.15, 0.2) is 0 Å². The average molecular weight is 299 g/mol. The summed E-state index contributed by atoms with van der Waals surface area (Å²) in [4.78, 5) is 14.2. The topological polar surface area (TPSA) is 64.8 Å². The monoisotopic (exact) mass is 298 g/mol. The van der Waals surface area contributed by atoms with Crippen LogP contribution in [0.25, 0.3) is 0 Å². The van der Waals surface area contributed by atoms with Gasteiger partial charge < -0.3 is 15.2 Å². The zero-order valence-corrected chi connectivity index (χ0v) is 12.2. The maximum absolute atomic E-state index is 11.9. The van der Waals surface area contributed by atoms with Crippen molar-refractivity contribution < 1.29 is 14.3 Å². The molecule has 1 unspecified atom stereocenters. The molecule has 0 radical (unpaired) electrons. The lowest BCUT2D eigenvalue weighted by atomic mass is 10.2. The fourth-order valence-electron chi connectivity index (χ4n) is 2.09. The first-order valence-corrected chi connectivity index (χ1v) is 7.04. The van der Waals surface area contributed by atoms with Crippen LogP contribution in [-0.2, 0) is 9.47 Å². The minimum Gasteiger partial charge on any atom is -0.459 e. The second kappa shape index (κ2) is 6.92. The Bertz CT molecular complexity index is 481. The van der Waals surface area contributed by atoms with Crippen LogP contribution in [0.1, 0.15) is 17.3 Å². The maximum atomic E-state index is 11.9. The van der Waals surface area contributed by atoms with Gasteiger partial charge in [-0.25, -0.2) is 4.79 Å². The summed E-state index contributed by atoms with van der Waals surface area (Å²) in [5.41, 5.74) is 6.43. The van der Waals surface area contributed by atoms with Crippen molar-refractivity contribution in [1.29, 1.82) is 0 Å². The van der Waals surface area contributed by atoms with Crippen molar-refractivity contribution in [2.24, 2.45) is 0 Å². The predicted molar refractivity (Wildman–Crippen MR) is 78.0 cm³/mol. The summed E-state index contributed by atoms with van der Waals surface area (Å²) in [7, 11) is 0. The van der Waals surface area contributed by atoms with E-state index in [2.05, 4.69) is 11.8 Å². The van der Waals surface area contributed by atoms with Crippen molar-refractivity contribution in [3.05, 3.63) is 28.8 Å². The highest BCUT2D eigenvalue weighted by Crippen LogP contribution is 2.20. The van der Waals surface area contributed by atoms with E-state index in [0.717, 1.165) is 19.6 Å². The number of anilines is 1. The summed E-state index contributed by atoms with van der Waals surface area (Å²) in [6.07, 6.45) is -0.0719. The molecule has 0 amide bonds. The zero-order valence-electron chi connectivity index (χ0n) is 11.5. The third kappa shape index (κ3) is 3.85. The molecule has 0 aromatic heterocycles. The molecule has 2 rings (SSSR count). The number of nitrogens with two attached hydrogens (primary N) is 1. The molecule has 1 aromatic carbocycles. The number of likely N-dealkylation sites (N-methyl/N-ethyl adjacent to an activating group) is 1. The first-order chi connectivity index (χ1) is 9.60. The maximum Gasteiger partial charge on any atom is 0.338 e. The van der Waals surface area contributed by atoms with Gasteiger partial charge in [0.1, 0.15) is 12.7 Å². The van der Waals surface area contributed by atoms with E-state index in [9.17, 15) is 4.79 Å². The standard InChI is InChI=1S/C14H19ClN2O3/c1-2-17-5-6-19-11(8-17)9-20-14(18)10-3-4-12(15)13(16)7-10/h3-4,7,11H,2,5-6,8-9,16H2,1H3. The van der Waals surface area contributed by atoms with E-state index in [4.69, 9.17) is 26.8 Å². The van der Waals surface area contributed by atoms with Crippen molar-refractivity contribution in [2.45, 2.75) is 13.0 Å². The molecule has 1 saturated heterocycles. The molecule has 1 aliphatic heterocycles.